The van der Waals surface area contributed by atoms with Crippen molar-refractivity contribution >= 4 is 18.0 Å². The first kappa shape index (κ1) is 11.8. The van der Waals surface area contributed by atoms with Crippen LogP contribution >= 0.6 is 0 Å². The quantitative estimate of drug-likeness (QED) is 0.429. The summed E-state index contributed by atoms with van der Waals surface area (Å²) >= 11 is 0. The predicted octanol–water partition coefficient (Wildman–Crippen LogP) is 1.60. The fourth-order valence-corrected chi connectivity index (χ4v) is 1.10. The van der Waals surface area contributed by atoms with E-state index in [2.05, 4.69) is 4.98 Å². The van der Waals surface area contributed by atoms with Crippen LogP contribution in [0.1, 0.15) is 12.0 Å². The standard InChI is InChI=1S/C10H10N2O4/c1-16-10-9(12(14)15)6-8(7-11-10)4-2-3-5-13/h2,4-7H,3H2,1H3. The van der Waals surface area contributed by atoms with Crippen molar-refractivity contribution in [3.05, 3.63) is 34.0 Å². The van der Waals surface area contributed by atoms with Crippen LogP contribution < -0.4 is 4.74 Å². The van der Waals surface area contributed by atoms with Gasteiger partial charge in [-0.1, -0.05) is 12.2 Å². The van der Waals surface area contributed by atoms with Gasteiger partial charge in [0.15, 0.2) is 0 Å². The highest BCUT2D eigenvalue weighted by molar-refractivity contribution is 5.59. The van der Waals surface area contributed by atoms with Gasteiger partial charge in [-0.2, -0.15) is 0 Å². The fourth-order valence-electron chi connectivity index (χ4n) is 1.10. The second kappa shape index (κ2) is 5.59. The van der Waals surface area contributed by atoms with Gasteiger partial charge in [0.2, 0.25) is 0 Å². The Labute approximate surface area is 91.7 Å². The van der Waals surface area contributed by atoms with Gasteiger partial charge in [-0.25, -0.2) is 4.98 Å². The highest BCUT2D eigenvalue weighted by atomic mass is 16.6. The van der Waals surface area contributed by atoms with Crippen molar-refractivity contribution < 1.29 is 14.5 Å². The lowest BCUT2D eigenvalue weighted by Gasteiger charge is -2.00. The van der Waals surface area contributed by atoms with Gasteiger partial charge < -0.3 is 9.53 Å². The van der Waals surface area contributed by atoms with Gasteiger partial charge in [0, 0.05) is 18.7 Å². The Kier molecular flexibility index (Phi) is 4.14. The van der Waals surface area contributed by atoms with Crippen LogP contribution in [-0.4, -0.2) is 23.3 Å². The van der Waals surface area contributed by atoms with Crippen LogP contribution in [0.15, 0.2) is 18.3 Å². The molecule has 0 N–H and O–H groups in total. The van der Waals surface area contributed by atoms with Crippen molar-refractivity contribution in [2.24, 2.45) is 0 Å². The Morgan fingerprint density at radius 1 is 1.62 bits per heavy atom. The van der Waals surface area contributed by atoms with Gasteiger partial charge in [-0.15, -0.1) is 0 Å². The number of ether oxygens (including phenoxy) is 1. The Bertz CT molecular complexity index is 429. The molecule has 0 amide bonds. The molecule has 0 atom stereocenters. The van der Waals surface area contributed by atoms with Crippen molar-refractivity contribution in [3.8, 4) is 5.88 Å². The van der Waals surface area contributed by atoms with Crippen LogP contribution in [0.3, 0.4) is 0 Å². The highest BCUT2D eigenvalue weighted by Gasteiger charge is 2.15. The summed E-state index contributed by atoms with van der Waals surface area (Å²) in [6.07, 6.45) is 5.63. The molecule has 0 aromatic carbocycles. The largest absolute Gasteiger partial charge is 0.476 e. The van der Waals surface area contributed by atoms with Gasteiger partial charge >= 0.3 is 5.69 Å². The SMILES string of the molecule is COc1ncc(C=CCC=O)cc1[N+](=O)[O-]. The van der Waals surface area contributed by atoms with Gasteiger partial charge in [-0.3, -0.25) is 10.1 Å². The summed E-state index contributed by atoms with van der Waals surface area (Å²) in [6.45, 7) is 0. The van der Waals surface area contributed by atoms with Crippen LogP contribution in [0.2, 0.25) is 0 Å². The Hall–Kier alpha value is -2.24. The molecular weight excluding hydrogens is 212 g/mol. The van der Waals surface area contributed by atoms with E-state index in [0.717, 1.165) is 6.29 Å². The molecule has 6 heteroatoms. The molecule has 1 rings (SSSR count). The minimum Gasteiger partial charge on any atom is -0.476 e. The Morgan fingerprint density at radius 2 is 2.38 bits per heavy atom. The smallest absolute Gasteiger partial charge is 0.331 e. The maximum absolute atomic E-state index is 10.7. The van der Waals surface area contributed by atoms with Crippen LogP contribution in [0.5, 0.6) is 5.88 Å². The van der Waals surface area contributed by atoms with Gasteiger partial charge in [0.05, 0.1) is 12.0 Å². The van der Waals surface area contributed by atoms with Crippen LogP contribution in [-0.2, 0) is 4.79 Å². The maximum atomic E-state index is 10.7. The minimum atomic E-state index is -0.567. The highest BCUT2D eigenvalue weighted by Crippen LogP contribution is 2.24. The third kappa shape index (κ3) is 2.88. The lowest BCUT2D eigenvalue weighted by molar-refractivity contribution is -0.386. The van der Waals surface area contributed by atoms with Gasteiger partial charge in [0.1, 0.15) is 6.29 Å². The molecule has 0 aliphatic rings. The van der Waals surface area contributed by atoms with Crippen LogP contribution in [0.25, 0.3) is 6.08 Å². The second-order valence-corrected chi connectivity index (χ2v) is 2.86. The zero-order valence-electron chi connectivity index (χ0n) is 8.62. The van der Waals surface area contributed by atoms with E-state index >= 15 is 0 Å². The van der Waals surface area contributed by atoms with E-state index in [1.165, 1.54) is 19.4 Å². The Morgan fingerprint density at radius 3 is 2.94 bits per heavy atom. The van der Waals surface area contributed by atoms with E-state index in [9.17, 15) is 14.9 Å². The molecule has 0 aliphatic heterocycles. The summed E-state index contributed by atoms with van der Waals surface area (Å²) in [5, 5.41) is 10.7. The molecule has 0 unspecified atom stereocenters. The van der Waals surface area contributed by atoms with E-state index in [1.54, 1.807) is 12.2 Å². The number of allylic oxidation sites excluding steroid dienone is 1. The molecule has 0 fully saturated rings. The molecule has 0 spiro atoms. The maximum Gasteiger partial charge on any atom is 0.331 e. The minimum absolute atomic E-state index is 0.0301. The predicted molar refractivity (Wildman–Crippen MR) is 57.2 cm³/mol. The summed E-state index contributed by atoms with van der Waals surface area (Å²) in [6, 6.07) is 1.34. The molecule has 1 aromatic heterocycles. The molecule has 6 nitrogen and oxygen atoms in total. The molecule has 0 bridgehead atoms. The number of methoxy groups -OCH3 is 1. The third-order valence-corrected chi connectivity index (χ3v) is 1.79. The van der Waals surface area contributed by atoms with E-state index < -0.39 is 4.92 Å². The number of aromatic nitrogens is 1. The monoisotopic (exact) mass is 222 g/mol. The zero-order valence-corrected chi connectivity index (χ0v) is 8.62. The van der Waals surface area contributed by atoms with E-state index in [-0.39, 0.29) is 18.0 Å². The Balaban J connectivity index is 3.02. The number of hydrogen-bond acceptors (Lipinski definition) is 5. The number of carbonyl (C=O) groups is 1. The second-order valence-electron chi connectivity index (χ2n) is 2.86. The number of rotatable bonds is 5. The normalized spacial score (nSPS) is 10.3. The summed E-state index contributed by atoms with van der Waals surface area (Å²) < 4.78 is 4.75. The number of nitrogens with zero attached hydrogens (tertiary/aromatic N) is 2. The molecular formula is C10H10N2O4. The van der Waals surface area contributed by atoms with E-state index in [4.69, 9.17) is 4.74 Å². The number of hydrogen-bond donors (Lipinski definition) is 0. The number of carbonyl (C=O) groups excluding carboxylic acids is 1. The van der Waals surface area contributed by atoms with E-state index in [1.807, 2.05) is 0 Å². The third-order valence-electron chi connectivity index (χ3n) is 1.79. The summed E-state index contributed by atoms with van der Waals surface area (Å²) in [4.78, 5) is 24.0. The van der Waals surface area contributed by atoms with Crippen molar-refractivity contribution in [1.29, 1.82) is 0 Å². The first-order valence-corrected chi connectivity index (χ1v) is 4.47. The molecule has 0 radical (unpaired) electrons. The molecule has 16 heavy (non-hydrogen) atoms. The zero-order chi connectivity index (χ0) is 12.0. The van der Waals surface area contributed by atoms with Gasteiger partial charge in [0.25, 0.3) is 5.88 Å². The lowest BCUT2D eigenvalue weighted by Crippen LogP contribution is -1.96. The van der Waals surface area contributed by atoms with Crippen molar-refractivity contribution in [2.45, 2.75) is 6.42 Å². The first-order chi connectivity index (χ1) is 7.69. The van der Waals surface area contributed by atoms with E-state index in [0.29, 0.717) is 5.56 Å². The number of pyridine rings is 1. The fraction of sp³-hybridized carbons (Fsp3) is 0.200. The lowest BCUT2D eigenvalue weighted by atomic mass is 10.2. The average Bonchev–Trinajstić information content (AvgIpc) is 2.29. The van der Waals surface area contributed by atoms with Gasteiger partial charge in [-0.05, 0) is 5.56 Å². The van der Waals surface area contributed by atoms with Crippen molar-refractivity contribution in [2.75, 3.05) is 7.11 Å². The summed E-state index contributed by atoms with van der Waals surface area (Å²) in [5.41, 5.74) is 0.352. The topological polar surface area (TPSA) is 82.3 Å². The molecule has 1 aromatic rings. The molecule has 1 heterocycles. The molecule has 0 saturated carbocycles. The van der Waals surface area contributed by atoms with Crippen LogP contribution in [0, 0.1) is 10.1 Å². The molecule has 0 saturated heterocycles. The van der Waals surface area contributed by atoms with Crippen molar-refractivity contribution in [3.63, 3.8) is 0 Å². The average molecular weight is 222 g/mol. The molecule has 84 valence electrons. The first-order valence-electron chi connectivity index (χ1n) is 4.47. The number of nitro groups is 1. The molecule has 0 aliphatic carbocycles. The number of aldehydes is 1. The van der Waals surface area contributed by atoms with Crippen molar-refractivity contribution in [1.82, 2.24) is 4.98 Å². The summed E-state index contributed by atoms with van der Waals surface area (Å²) in [7, 11) is 1.32. The van der Waals surface area contributed by atoms with Crippen LogP contribution in [0.4, 0.5) is 5.69 Å². The summed E-state index contributed by atoms with van der Waals surface area (Å²) in [5.74, 6) is -0.0301.